The van der Waals surface area contributed by atoms with Crippen LogP contribution >= 0.6 is 0 Å². The van der Waals surface area contributed by atoms with E-state index in [0.717, 1.165) is 18.7 Å². The van der Waals surface area contributed by atoms with Gasteiger partial charge >= 0.3 is 0 Å². The first-order valence-corrected chi connectivity index (χ1v) is 8.83. The average Bonchev–Trinajstić information content (AvgIpc) is 2.54. The van der Waals surface area contributed by atoms with E-state index in [9.17, 15) is 9.59 Å². The van der Waals surface area contributed by atoms with Crippen LogP contribution in [0.5, 0.6) is 0 Å². The molecule has 0 atom stereocenters. The zero-order chi connectivity index (χ0) is 17.9. The van der Waals surface area contributed by atoms with Crippen LogP contribution < -0.4 is 0 Å². The fraction of sp³-hybridized carbons (Fsp3) is 0.600. The number of piperazine rings is 1. The third kappa shape index (κ3) is 4.67. The van der Waals surface area contributed by atoms with Crippen LogP contribution in [0.4, 0.5) is 0 Å². The number of nitrogens with zero attached hydrogens (tertiary/aromatic N) is 2. The summed E-state index contributed by atoms with van der Waals surface area (Å²) >= 11 is 0. The average molecular weight is 330 g/mol. The Kier molecular flexibility index (Phi) is 5.81. The highest BCUT2D eigenvalue weighted by atomic mass is 16.2. The van der Waals surface area contributed by atoms with Crippen LogP contribution in [0.15, 0.2) is 24.3 Å². The van der Waals surface area contributed by atoms with Crippen LogP contribution in [0.1, 0.15) is 56.5 Å². The molecule has 0 bridgehead atoms. The van der Waals surface area contributed by atoms with Gasteiger partial charge in [-0.15, -0.1) is 0 Å². The van der Waals surface area contributed by atoms with Crippen molar-refractivity contribution in [1.29, 1.82) is 0 Å². The highest BCUT2D eigenvalue weighted by molar-refractivity contribution is 5.97. The standard InChI is InChI=1S/C20H30N2O2/c1-15(2)16-6-8-17(9-7-16)18(23)14-21-10-12-22(13-11-21)19(24)20(3,4)5/h6-9,15H,10-14H2,1-5H3. The molecular formula is C20H30N2O2. The lowest BCUT2D eigenvalue weighted by atomic mass is 9.94. The van der Waals surface area contributed by atoms with E-state index in [1.165, 1.54) is 5.56 Å². The Balaban J connectivity index is 1.87. The van der Waals surface area contributed by atoms with E-state index in [-0.39, 0.29) is 17.1 Å². The molecule has 0 aromatic heterocycles. The largest absolute Gasteiger partial charge is 0.340 e. The van der Waals surface area contributed by atoms with Gasteiger partial charge in [-0.2, -0.15) is 0 Å². The minimum atomic E-state index is -0.337. The Bertz CT molecular complexity index is 577. The molecule has 1 aliphatic rings. The number of carbonyl (C=O) groups excluding carboxylic acids is 2. The summed E-state index contributed by atoms with van der Waals surface area (Å²) in [5.41, 5.74) is 1.68. The summed E-state index contributed by atoms with van der Waals surface area (Å²) in [6.07, 6.45) is 0. The number of amides is 1. The van der Waals surface area contributed by atoms with Gasteiger partial charge in [-0.25, -0.2) is 0 Å². The molecule has 1 heterocycles. The Morgan fingerprint density at radius 3 is 2.00 bits per heavy atom. The zero-order valence-corrected chi connectivity index (χ0v) is 15.6. The molecule has 4 nitrogen and oxygen atoms in total. The van der Waals surface area contributed by atoms with E-state index in [0.29, 0.717) is 25.6 Å². The smallest absolute Gasteiger partial charge is 0.228 e. The maximum Gasteiger partial charge on any atom is 0.228 e. The molecule has 1 amide bonds. The monoisotopic (exact) mass is 330 g/mol. The second-order valence-corrected chi connectivity index (χ2v) is 8.02. The van der Waals surface area contributed by atoms with Gasteiger partial charge < -0.3 is 4.90 Å². The van der Waals surface area contributed by atoms with Gasteiger partial charge in [0, 0.05) is 37.2 Å². The SMILES string of the molecule is CC(C)c1ccc(C(=O)CN2CCN(C(=O)C(C)(C)C)CC2)cc1. The molecule has 0 spiro atoms. The van der Waals surface area contributed by atoms with Gasteiger partial charge in [0.2, 0.25) is 5.91 Å². The van der Waals surface area contributed by atoms with Crippen LogP contribution in [0.2, 0.25) is 0 Å². The minimum absolute atomic E-state index is 0.154. The fourth-order valence-electron chi connectivity index (χ4n) is 2.93. The maximum absolute atomic E-state index is 12.4. The van der Waals surface area contributed by atoms with Gasteiger partial charge in [-0.05, 0) is 11.5 Å². The van der Waals surface area contributed by atoms with Crippen molar-refractivity contribution in [2.45, 2.75) is 40.5 Å². The number of benzene rings is 1. The first-order valence-electron chi connectivity index (χ1n) is 8.83. The molecule has 1 aromatic rings. The lowest BCUT2D eigenvalue weighted by molar-refractivity contribution is -0.141. The van der Waals surface area contributed by atoms with Crippen LogP contribution in [0.3, 0.4) is 0 Å². The molecule has 0 unspecified atom stereocenters. The molecule has 24 heavy (non-hydrogen) atoms. The lowest BCUT2D eigenvalue weighted by Gasteiger charge is -2.37. The normalized spacial score (nSPS) is 16.5. The summed E-state index contributed by atoms with van der Waals surface area (Å²) in [7, 11) is 0. The first kappa shape index (κ1) is 18.7. The summed E-state index contributed by atoms with van der Waals surface area (Å²) in [4.78, 5) is 28.8. The molecule has 132 valence electrons. The van der Waals surface area contributed by atoms with Crippen LogP contribution in [0.25, 0.3) is 0 Å². The molecule has 0 N–H and O–H groups in total. The zero-order valence-electron chi connectivity index (χ0n) is 15.6. The second kappa shape index (κ2) is 7.47. The summed E-state index contributed by atoms with van der Waals surface area (Å²) < 4.78 is 0. The van der Waals surface area contributed by atoms with Gasteiger partial charge in [-0.1, -0.05) is 58.9 Å². The highest BCUT2D eigenvalue weighted by Crippen LogP contribution is 2.19. The van der Waals surface area contributed by atoms with Crippen molar-refractivity contribution in [1.82, 2.24) is 9.80 Å². The van der Waals surface area contributed by atoms with Crippen molar-refractivity contribution in [2.75, 3.05) is 32.7 Å². The number of Topliss-reactive ketones (excluding diaryl/α,β-unsaturated/α-hetero) is 1. The van der Waals surface area contributed by atoms with Crippen LogP contribution in [-0.2, 0) is 4.79 Å². The molecule has 0 aliphatic carbocycles. The molecular weight excluding hydrogens is 300 g/mol. The van der Waals surface area contributed by atoms with Crippen molar-refractivity contribution in [3.63, 3.8) is 0 Å². The van der Waals surface area contributed by atoms with Crippen molar-refractivity contribution in [3.05, 3.63) is 35.4 Å². The van der Waals surface area contributed by atoms with E-state index in [1.54, 1.807) is 0 Å². The number of ketones is 1. The fourth-order valence-corrected chi connectivity index (χ4v) is 2.93. The summed E-state index contributed by atoms with van der Waals surface area (Å²) in [5.74, 6) is 0.821. The number of carbonyl (C=O) groups is 2. The predicted molar refractivity (Wildman–Crippen MR) is 97.3 cm³/mol. The lowest BCUT2D eigenvalue weighted by Crippen LogP contribution is -2.52. The Hall–Kier alpha value is -1.68. The van der Waals surface area contributed by atoms with Gasteiger partial charge in [0.15, 0.2) is 5.78 Å². The molecule has 1 saturated heterocycles. The Morgan fingerprint density at radius 2 is 1.54 bits per heavy atom. The first-order chi connectivity index (χ1) is 11.2. The van der Waals surface area contributed by atoms with Crippen molar-refractivity contribution < 1.29 is 9.59 Å². The predicted octanol–water partition coefficient (Wildman–Crippen LogP) is 3.18. The number of hydrogen-bond acceptors (Lipinski definition) is 3. The maximum atomic E-state index is 12.4. The van der Waals surface area contributed by atoms with Crippen LogP contribution in [0, 0.1) is 5.41 Å². The molecule has 4 heteroatoms. The molecule has 1 aliphatic heterocycles. The van der Waals surface area contributed by atoms with Gasteiger partial charge in [0.05, 0.1) is 6.54 Å². The summed E-state index contributed by atoms with van der Waals surface area (Å²) in [6, 6.07) is 7.93. The van der Waals surface area contributed by atoms with Gasteiger partial charge in [-0.3, -0.25) is 14.5 Å². The van der Waals surface area contributed by atoms with Crippen molar-refractivity contribution in [3.8, 4) is 0 Å². The van der Waals surface area contributed by atoms with E-state index in [1.807, 2.05) is 49.9 Å². The van der Waals surface area contributed by atoms with Gasteiger partial charge in [0.25, 0.3) is 0 Å². The Morgan fingerprint density at radius 1 is 1.00 bits per heavy atom. The van der Waals surface area contributed by atoms with E-state index in [4.69, 9.17) is 0 Å². The summed E-state index contributed by atoms with van der Waals surface area (Å²) in [5, 5.41) is 0. The van der Waals surface area contributed by atoms with E-state index >= 15 is 0 Å². The Labute approximate surface area is 145 Å². The van der Waals surface area contributed by atoms with E-state index in [2.05, 4.69) is 18.7 Å². The highest BCUT2D eigenvalue weighted by Gasteiger charge is 2.30. The molecule has 1 aromatic carbocycles. The van der Waals surface area contributed by atoms with Crippen LogP contribution in [-0.4, -0.2) is 54.2 Å². The third-order valence-corrected chi connectivity index (χ3v) is 4.57. The third-order valence-electron chi connectivity index (χ3n) is 4.57. The van der Waals surface area contributed by atoms with E-state index < -0.39 is 0 Å². The molecule has 1 fully saturated rings. The van der Waals surface area contributed by atoms with Gasteiger partial charge in [0.1, 0.15) is 0 Å². The van der Waals surface area contributed by atoms with Crippen molar-refractivity contribution in [2.24, 2.45) is 5.41 Å². The number of rotatable bonds is 4. The number of hydrogen-bond donors (Lipinski definition) is 0. The topological polar surface area (TPSA) is 40.6 Å². The quantitative estimate of drug-likeness (QED) is 0.796. The molecule has 0 radical (unpaired) electrons. The second-order valence-electron chi connectivity index (χ2n) is 8.02. The molecule has 0 saturated carbocycles. The minimum Gasteiger partial charge on any atom is -0.340 e. The van der Waals surface area contributed by atoms with Crippen molar-refractivity contribution >= 4 is 11.7 Å². The molecule has 2 rings (SSSR count). The summed E-state index contributed by atoms with van der Waals surface area (Å²) in [6.45, 7) is 13.5.